The van der Waals surface area contributed by atoms with Crippen molar-refractivity contribution in [2.45, 2.75) is 50.6 Å². The number of carbonyl (C=O) groups excluding carboxylic acids is 2. The Bertz CT molecular complexity index is 639. The fourth-order valence-corrected chi connectivity index (χ4v) is 4.44. The highest BCUT2D eigenvalue weighted by Crippen LogP contribution is 2.36. The Kier molecular flexibility index (Phi) is 6.24. The summed E-state index contributed by atoms with van der Waals surface area (Å²) >= 11 is 1.70. The summed E-state index contributed by atoms with van der Waals surface area (Å²) in [6.07, 6.45) is 7.55. The number of nitrogens with zero attached hydrogens (tertiary/aromatic N) is 2. The van der Waals surface area contributed by atoms with Crippen molar-refractivity contribution in [3.8, 4) is 0 Å². The Labute approximate surface area is 159 Å². The van der Waals surface area contributed by atoms with E-state index in [2.05, 4.69) is 20.6 Å². The topological polar surface area (TPSA) is 90.1 Å². The highest BCUT2D eigenvalue weighted by Gasteiger charge is 2.42. The second-order valence-corrected chi connectivity index (χ2v) is 8.05. The van der Waals surface area contributed by atoms with Gasteiger partial charge < -0.3 is 20.5 Å². The van der Waals surface area contributed by atoms with Crippen LogP contribution in [-0.4, -0.2) is 64.4 Å². The lowest BCUT2D eigenvalue weighted by Gasteiger charge is -2.44. The van der Waals surface area contributed by atoms with Gasteiger partial charge in [0.05, 0.1) is 17.6 Å². The number of amides is 2. The third-order valence-corrected chi connectivity index (χ3v) is 6.15. The average Bonchev–Trinajstić information content (AvgIpc) is 3.15. The van der Waals surface area contributed by atoms with E-state index in [1.807, 2.05) is 18.1 Å². The molecular formula is C18H29N5O2S. The number of thioether (sulfide) groups is 1. The number of H-pyrrole nitrogens is 1. The Balaban J connectivity index is 1.65. The van der Waals surface area contributed by atoms with Gasteiger partial charge in [0.1, 0.15) is 6.04 Å². The van der Waals surface area contributed by atoms with Crippen molar-refractivity contribution >= 4 is 23.6 Å². The van der Waals surface area contributed by atoms with E-state index in [0.29, 0.717) is 25.9 Å². The highest BCUT2D eigenvalue weighted by molar-refractivity contribution is 7.98. The lowest BCUT2D eigenvalue weighted by Crippen LogP contribution is -2.57. The molecule has 8 heteroatoms. The molecule has 26 heavy (non-hydrogen) atoms. The molecule has 3 heterocycles. The second kappa shape index (κ2) is 8.43. The van der Waals surface area contributed by atoms with Crippen LogP contribution >= 0.6 is 11.8 Å². The monoisotopic (exact) mass is 379 g/mol. The van der Waals surface area contributed by atoms with Crippen LogP contribution in [0, 0.1) is 0 Å². The minimum Gasteiger partial charge on any atom is -0.348 e. The van der Waals surface area contributed by atoms with Gasteiger partial charge in [-0.25, -0.2) is 4.98 Å². The van der Waals surface area contributed by atoms with Crippen LogP contribution < -0.4 is 10.6 Å². The summed E-state index contributed by atoms with van der Waals surface area (Å²) < 4.78 is 0. The SMILES string of the molecule is CCC(=O)N[C@@H](CCSC)C(=O)N1CCC2(CC1)NCCc1[nH]cnc12. The molecule has 0 saturated carbocycles. The maximum Gasteiger partial charge on any atom is 0.245 e. The number of nitrogens with one attached hydrogen (secondary N) is 3. The summed E-state index contributed by atoms with van der Waals surface area (Å²) in [5.74, 6) is 0.845. The van der Waals surface area contributed by atoms with Gasteiger partial charge in [-0.05, 0) is 31.3 Å². The molecule has 3 rings (SSSR count). The third kappa shape index (κ3) is 3.91. The second-order valence-electron chi connectivity index (χ2n) is 7.07. The molecule has 1 atom stereocenters. The quantitative estimate of drug-likeness (QED) is 0.687. The van der Waals surface area contributed by atoms with E-state index < -0.39 is 6.04 Å². The van der Waals surface area contributed by atoms with Gasteiger partial charge in [0, 0.05) is 38.2 Å². The molecule has 2 amide bonds. The van der Waals surface area contributed by atoms with E-state index >= 15 is 0 Å². The zero-order valence-corrected chi connectivity index (χ0v) is 16.5. The van der Waals surface area contributed by atoms with Gasteiger partial charge in [0.2, 0.25) is 11.8 Å². The molecule has 1 aromatic rings. The van der Waals surface area contributed by atoms with Crippen LogP contribution in [0.25, 0.3) is 0 Å². The highest BCUT2D eigenvalue weighted by atomic mass is 32.2. The van der Waals surface area contributed by atoms with Crippen LogP contribution in [0.4, 0.5) is 0 Å². The van der Waals surface area contributed by atoms with Crippen molar-refractivity contribution in [1.82, 2.24) is 25.5 Å². The summed E-state index contributed by atoms with van der Waals surface area (Å²) in [7, 11) is 0. The number of likely N-dealkylation sites (tertiary alicyclic amines) is 1. The molecular weight excluding hydrogens is 350 g/mol. The molecule has 2 aliphatic heterocycles. The normalized spacial score (nSPS) is 19.8. The van der Waals surface area contributed by atoms with Gasteiger partial charge >= 0.3 is 0 Å². The number of aromatic nitrogens is 2. The zero-order chi connectivity index (χ0) is 18.6. The maximum absolute atomic E-state index is 13.0. The van der Waals surface area contributed by atoms with Crippen molar-refractivity contribution in [3.63, 3.8) is 0 Å². The summed E-state index contributed by atoms with van der Waals surface area (Å²) in [6.45, 7) is 4.13. The van der Waals surface area contributed by atoms with E-state index in [-0.39, 0.29) is 17.4 Å². The first-order valence-corrected chi connectivity index (χ1v) is 10.8. The number of imidazole rings is 1. The number of hydrogen-bond donors (Lipinski definition) is 3. The molecule has 7 nitrogen and oxygen atoms in total. The molecule has 0 bridgehead atoms. The molecule has 1 saturated heterocycles. The minimum absolute atomic E-state index is 0.0498. The first-order valence-electron chi connectivity index (χ1n) is 9.44. The molecule has 0 radical (unpaired) electrons. The van der Waals surface area contributed by atoms with Crippen molar-refractivity contribution in [2.75, 3.05) is 31.6 Å². The van der Waals surface area contributed by atoms with Crippen LogP contribution in [0.3, 0.4) is 0 Å². The standard InChI is InChI=1S/C18H29N5O2S/c1-3-15(24)22-14(5-11-26-2)17(25)23-9-6-18(7-10-23)16-13(4-8-21-18)19-12-20-16/h12,14,21H,3-11H2,1-2H3,(H,19,20)(H,22,24)/t14-/m0/s1. The summed E-state index contributed by atoms with van der Waals surface area (Å²) in [5.41, 5.74) is 2.22. The number of fused-ring (bicyclic) bond motifs is 2. The molecule has 1 spiro atoms. The molecule has 2 aliphatic rings. The molecule has 1 fully saturated rings. The van der Waals surface area contributed by atoms with Crippen molar-refractivity contribution in [3.05, 3.63) is 17.7 Å². The fraction of sp³-hybridized carbons (Fsp3) is 0.722. The minimum atomic E-state index is -0.413. The van der Waals surface area contributed by atoms with Gasteiger partial charge in [0.25, 0.3) is 0 Å². The fourth-order valence-electron chi connectivity index (χ4n) is 3.97. The number of carbonyl (C=O) groups is 2. The lowest BCUT2D eigenvalue weighted by atomic mass is 9.80. The Hall–Kier alpha value is -1.54. The molecule has 3 N–H and O–H groups in total. The average molecular weight is 380 g/mol. The van der Waals surface area contributed by atoms with E-state index in [1.165, 1.54) is 5.69 Å². The first-order chi connectivity index (χ1) is 12.6. The smallest absolute Gasteiger partial charge is 0.245 e. The molecule has 0 unspecified atom stereocenters. The van der Waals surface area contributed by atoms with E-state index in [0.717, 1.165) is 37.3 Å². The molecule has 1 aromatic heterocycles. The van der Waals surface area contributed by atoms with Gasteiger partial charge in [-0.3, -0.25) is 9.59 Å². The third-order valence-electron chi connectivity index (χ3n) is 5.50. The van der Waals surface area contributed by atoms with Crippen molar-refractivity contribution in [1.29, 1.82) is 0 Å². The van der Waals surface area contributed by atoms with Gasteiger partial charge in [-0.1, -0.05) is 6.92 Å². The van der Waals surface area contributed by atoms with Crippen molar-refractivity contribution < 1.29 is 9.59 Å². The summed E-state index contributed by atoms with van der Waals surface area (Å²) in [6, 6.07) is -0.413. The Morgan fingerprint density at radius 3 is 2.88 bits per heavy atom. The Morgan fingerprint density at radius 2 is 2.19 bits per heavy atom. The number of hydrogen-bond acceptors (Lipinski definition) is 5. The van der Waals surface area contributed by atoms with Crippen LogP contribution in [0.5, 0.6) is 0 Å². The van der Waals surface area contributed by atoms with Crippen LogP contribution in [0.2, 0.25) is 0 Å². The molecule has 0 aliphatic carbocycles. The number of piperidine rings is 1. The van der Waals surface area contributed by atoms with Gasteiger partial charge in [-0.2, -0.15) is 11.8 Å². The maximum atomic E-state index is 13.0. The largest absolute Gasteiger partial charge is 0.348 e. The predicted molar refractivity (Wildman–Crippen MR) is 103 cm³/mol. The number of aromatic amines is 1. The van der Waals surface area contributed by atoms with E-state index in [4.69, 9.17) is 0 Å². The summed E-state index contributed by atoms with van der Waals surface area (Å²) in [5, 5.41) is 6.55. The van der Waals surface area contributed by atoms with Crippen LogP contribution in [-0.2, 0) is 21.5 Å². The first kappa shape index (κ1) is 19.2. The van der Waals surface area contributed by atoms with Crippen LogP contribution in [0.15, 0.2) is 6.33 Å². The van der Waals surface area contributed by atoms with E-state index in [9.17, 15) is 9.59 Å². The van der Waals surface area contributed by atoms with Gasteiger partial charge in [-0.15, -0.1) is 0 Å². The zero-order valence-electron chi connectivity index (χ0n) is 15.6. The lowest BCUT2D eigenvalue weighted by molar-refractivity contribution is -0.138. The Morgan fingerprint density at radius 1 is 1.42 bits per heavy atom. The van der Waals surface area contributed by atoms with Gasteiger partial charge in [0.15, 0.2) is 0 Å². The van der Waals surface area contributed by atoms with Crippen LogP contribution in [0.1, 0.15) is 44.0 Å². The predicted octanol–water partition coefficient (Wildman–Crippen LogP) is 1.02. The van der Waals surface area contributed by atoms with E-state index in [1.54, 1.807) is 18.1 Å². The summed E-state index contributed by atoms with van der Waals surface area (Å²) in [4.78, 5) is 34.5. The number of rotatable bonds is 6. The molecule has 144 valence electrons. The molecule has 0 aromatic carbocycles. The van der Waals surface area contributed by atoms with Crippen molar-refractivity contribution in [2.24, 2.45) is 0 Å².